The summed E-state index contributed by atoms with van der Waals surface area (Å²) in [6.07, 6.45) is -1.04. The van der Waals surface area contributed by atoms with Crippen molar-refractivity contribution in [2.45, 2.75) is 24.7 Å². The molecule has 0 aliphatic rings. The zero-order valence-corrected chi connectivity index (χ0v) is 9.52. The monoisotopic (exact) mass is 228 g/mol. The Morgan fingerprint density at radius 2 is 1.86 bits per heavy atom. The van der Waals surface area contributed by atoms with Crippen LogP contribution in [0.3, 0.4) is 0 Å². The van der Waals surface area contributed by atoms with E-state index in [0.29, 0.717) is 0 Å². The van der Waals surface area contributed by atoms with Crippen molar-refractivity contribution in [2.75, 3.05) is 14.2 Å². The summed E-state index contributed by atoms with van der Waals surface area (Å²) in [6, 6.07) is -0.152. The summed E-state index contributed by atoms with van der Waals surface area (Å²) in [7, 11) is -1.65. The van der Waals surface area contributed by atoms with E-state index in [9.17, 15) is 13.2 Å². The summed E-state index contributed by atoms with van der Waals surface area (Å²) >= 11 is 0. The van der Waals surface area contributed by atoms with Gasteiger partial charge in [0.15, 0.2) is 6.17 Å². The van der Waals surface area contributed by atoms with E-state index >= 15 is 0 Å². The van der Waals surface area contributed by atoms with Gasteiger partial charge in [0, 0.05) is 20.3 Å². The van der Waals surface area contributed by atoms with Crippen molar-refractivity contribution in [1.29, 1.82) is 0 Å². The summed E-state index contributed by atoms with van der Waals surface area (Å²) in [4.78, 5) is 0. The van der Waals surface area contributed by atoms with E-state index in [4.69, 9.17) is 8.85 Å². The Morgan fingerprint density at radius 3 is 2.07 bits per heavy atom. The lowest BCUT2D eigenvalue weighted by molar-refractivity contribution is -0.0378. The smallest absolute Gasteiger partial charge is 0.394 e. The highest BCUT2D eigenvalue weighted by Crippen LogP contribution is 2.36. The SMILES string of the molecule is C=CC[Si](OC)(OC)C(F)(F)C(C)F. The van der Waals surface area contributed by atoms with Crippen LogP contribution in [-0.2, 0) is 8.85 Å². The Bertz CT molecular complexity index is 193. The van der Waals surface area contributed by atoms with Crippen LogP contribution in [0.25, 0.3) is 0 Å². The van der Waals surface area contributed by atoms with E-state index in [0.717, 1.165) is 21.1 Å². The van der Waals surface area contributed by atoms with E-state index < -0.39 is 20.3 Å². The van der Waals surface area contributed by atoms with Crippen LogP contribution in [0.1, 0.15) is 6.92 Å². The van der Waals surface area contributed by atoms with E-state index in [1.54, 1.807) is 0 Å². The third-order valence-electron chi connectivity index (χ3n) is 2.08. The van der Waals surface area contributed by atoms with Gasteiger partial charge >= 0.3 is 14.1 Å². The summed E-state index contributed by atoms with van der Waals surface area (Å²) in [5.74, 6) is 0. The third-order valence-corrected chi connectivity index (χ3v) is 5.64. The van der Waals surface area contributed by atoms with Crippen LogP contribution in [0, 0.1) is 0 Å². The molecule has 0 aliphatic heterocycles. The first-order valence-corrected chi connectivity index (χ1v) is 6.13. The Morgan fingerprint density at radius 1 is 1.43 bits per heavy atom. The Kier molecular flexibility index (Phi) is 4.83. The lowest BCUT2D eigenvalue weighted by atomic mass is 10.5. The van der Waals surface area contributed by atoms with Crippen molar-refractivity contribution in [2.24, 2.45) is 0 Å². The highest BCUT2D eigenvalue weighted by atomic mass is 28.4. The van der Waals surface area contributed by atoms with E-state index in [2.05, 4.69) is 6.58 Å². The van der Waals surface area contributed by atoms with Crippen molar-refractivity contribution < 1.29 is 22.0 Å². The van der Waals surface area contributed by atoms with Gasteiger partial charge in [-0.05, 0) is 6.92 Å². The second kappa shape index (κ2) is 4.95. The number of halogens is 3. The molecular formula is C8H15F3O2Si. The van der Waals surface area contributed by atoms with Crippen molar-refractivity contribution in [3.63, 3.8) is 0 Å². The Labute approximate surface area is 83.0 Å². The van der Waals surface area contributed by atoms with Crippen LogP contribution in [0.15, 0.2) is 12.7 Å². The van der Waals surface area contributed by atoms with Gasteiger partial charge in [0.05, 0.1) is 0 Å². The highest BCUT2D eigenvalue weighted by molar-refractivity contribution is 6.70. The molecule has 0 aliphatic carbocycles. The number of rotatable bonds is 6. The minimum absolute atomic E-state index is 0.152. The van der Waals surface area contributed by atoms with Crippen LogP contribution in [0.2, 0.25) is 6.04 Å². The van der Waals surface area contributed by atoms with Gasteiger partial charge in [0.2, 0.25) is 0 Å². The molecule has 0 rings (SSSR count). The molecule has 0 radical (unpaired) electrons. The molecule has 1 unspecified atom stereocenters. The average Bonchev–Trinajstić information content (AvgIpc) is 2.13. The fraction of sp³-hybridized carbons (Fsp3) is 0.750. The Hall–Kier alpha value is -0.333. The predicted molar refractivity (Wildman–Crippen MR) is 50.3 cm³/mol. The van der Waals surface area contributed by atoms with Crippen LogP contribution < -0.4 is 0 Å². The van der Waals surface area contributed by atoms with Crippen molar-refractivity contribution >= 4 is 8.56 Å². The number of hydrogen-bond donors (Lipinski definition) is 0. The van der Waals surface area contributed by atoms with E-state index in [1.165, 1.54) is 6.08 Å². The zero-order valence-electron chi connectivity index (χ0n) is 8.52. The second-order valence-corrected chi connectivity index (χ2v) is 6.29. The van der Waals surface area contributed by atoms with Crippen LogP contribution in [0.4, 0.5) is 13.2 Å². The van der Waals surface area contributed by atoms with Gasteiger partial charge in [-0.15, -0.1) is 6.58 Å². The summed E-state index contributed by atoms with van der Waals surface area (Å²) in [5.41, 5.74) is -3.58. The topological polar surface area (TPSA) is 18.5 Å². The molecule has 0 aromatic carbocycles. The first-order valence-electron chi connectivity index (χ1n) is 4.11. The van der Waals surface area contributed by atoms with Crippen LogP contribution in [-0.4, -0.2) is 34.5 Å². The molecule has 0 N–H and O–H groups in total. The molecule has 84 valence electrons. The quantitative estimate of drug-likeness (QED) is 0.513. The van der Waals surface area contributed by atoms with E-state index in [-0.39, 0.29) is 6.04 Å². The number of hydrogen-bond acceptors (Lipinski definition) is 2. The summed E-state index contributed by atoms with van der Waals surface area (Å²) in [5, 5.41) is 0. The molecule has 0 amide bonds. The van der Waals surface area contributed by atoms with Crippen LogP contribution in [0.5, 0.6) is 0 Å². The zero-order chi connectivity index (χ0) is 11.4. The fourth-order valence-corrected chi connectivity index (χ4v) is 3.45. The molecule has 0 fully saturated rings. The molecule has 14 heavy (non-hydrogen) atoms. The van der Waals surface area contributed by atoms with Crippen LogP contribution >= 0.6 is 0 Å². The lowest BCUT2D eigenvalue weighted by Gasteiger charge is -2.34. The normalized spacial score (nSPS) is 15.3. The molecule has 0 bridgehead atoms. The second-order valence-electron chi connectivity index (χ2n) is 2.89. The van der Waals surface area contributed by atoms with Crippen molar-refractivity contribution in [3.05, 3.63) is 12.7 Å². The average molecular weight is 228 g/mol. The van der Waals surface area contributed by atoms with Gasteiger partial charge in [0.25, 0.3) is 0 Å². The third kappa shape index (κ3) is 2.18. The fourth-order valence-electron chi connectivity index (χ4n) is 1.15. The van der Waals surface area contributed by atoms with E-state index in [1.807, 2.05) is 0 Å². The molecule has 0 saturated carbocycles. The van der Waals surface area contributed by atoms with Gasteiger partial charge in [-0.2, -0.15) is 0 Å². The number of allylic oxidation sites excluding steroid dienone is 1. The minimum atomic E-state index is -3.86. The molecule has 1 atom stereocenters. The van der Waals surface area contributed by atoms with Gasteiger partial charge < -0.3 is 8.85 Å². The lowest BCUT2D eigenvalue weighted by Crippen LogP contribution is -2.60. The molecule has 2 nitrogen and oxygen atoms in total. The molecule has 0 saturated heterocycles. The molecule has 0 heterocycles. The highest BCUT2D eigenvalue weighted by Gasteiger charge is 2.62. The largest absolute Gasteiger partial charge is 0.420 e. The van der Waals surface area contributed by atoms with Crippen molar-refractivity contribution in [3.8, 4) is 0 Å². The number of alkyl halides is 3. The van der Waals surface area contributed by atoms with Gasteiger partial charge in [-0.1, -0.05) is 6.08 Å². The molecule has 6 heteroatoms. The summed E-state index contributed by atoms with van der Waals surface area (Å²) in [6.45, 7) is 4.13. The van der Waals surface area contributed by atoms with Gasteiger partial charge in [-0.3, -0.25) is 0 Å². The predicted octanol–water partition coefficient (Wildman–Crippen LogP) is 2.44. The van der Waals surface area contributed by atoms with Gasteiger partial charge in [-0.25, -0.2) is 13.2 Å². The maximum absolute atomic E-state index is 13.4. The minimum Gasteiger partial charge on any atom is -0.394 e. The summed E-state index contributed by atoms with van der Waals surface area (Å²) < 4.78 is 49.1. The van der Waals surface area contributed by atoms with Crippen molar-refractivity contribution in [1.82, 2.24) is 0 Å². The van der Waals surface area contributed by atoms with Gasteiger partial charge in [0.1, 0.15) is 0 Å². The molecular weight excluding hydrogens is 213 g/mol. The first kappa shape index (κ1) is 13.7. The molecule has 0 aromatic rings. The maximum Gasteiger partial charge on any atom is 0.420 e. The first-order chi connectivity index (χ1) is 6.38. The maximum atomic E-state index is 13.4. The molecule has 0 aromatic heterocycles. The molecule has 0 spiro atoms. The standard InChI is InChI=1S/C8H15F3O2Si/c1-5-6-14(12-3,13-4)8(10,11)7(2)9/h5,7H,1,6H2,2-4H3. The Balaban J connectivity index is 5.04.